The van der Waals surface area contributed by atoms with E-state index in [4.69, 9.17) is 9.57 Å². The highest BCUT2D eigenvalue weighted by atomic mass is 16.7. The summed E-state index contributed by atoms with van der Waals surface area (Å²) in [5.41, 5.74) is 0. The lowest BCUT2D eigenvalue weighted by Crippen LogP contribution is -2.54. The van der Waals surface area contributed by atoms with Crippen LogP contribution in [0.25, 0.3) is 0 Å². The van der Waals surface area contributed by atoms with Crippen LogP contribution in [-0.4, -0.2) is 42.8 Å². The van der Waals surface area contributed by atoms with Gasteiger partial charge in [0, 0.05) is 26.7 Å². The van der Waals surface area contributed by atoms with Gasteiger partial charge in [-0.3, -0.25) is 9.63 Å². The number of carbonyl (C=O) groups excluding carboxylic acids is 2. The van der Waals surface area contributed by atoms with E-state index in [2.05, 4.69) is 0 Å². The van der Waals surface area contributed by atoms with E-state index in [1.54, 1.807) is 0 Å². The van der Waals surface area contributed by atoms with Gasteiger partial charge in [-0.1, -0.05) is 0 Å². The molecule has 5 heteroatoms. The minimum Gasteiger partial charge on any atom is -0.460 e. The van der Waals surface area contributed by atoms with Crippen LogP contribution in [0, 0.1) is 0 Å². The summed E-state index contributed by atoms with van der Waals surface area (Å²) in [6.07, 6.45) is 3.27. The molecule has 0 aromatic rings. The van der Waals surface area contributed by atoms with Crippen molar-refractivity contribution in [3.05, 3.63) is 0 Å². The molecule has 0 radical (unpaired) electrons. The fourth-order valence-electron chi connectivity index (χ4n) is 2.08. The number of hydroxylamine groups is 3. The monoisotopic (exact) mass is 230 g/mol. The van der Waals surface area contributed by atoms with E-state index < -0.39 is 0 Å². The standard InChI is InChI=1S/C11H20NO4/c1-10(13)15-9-8-12(16-11(2)14)6-4-3-5-7-12/h3-9H2,1-2H3/q+1. The van der Waals surface area contributed by atoms with Crippen molar-refractivity contribution >= 4 is 11.9 Å². The van der Waals surface area contributed by atoms with Crippen molar-refractivity contribution in [2.24, 2.45) is 0 Å². The maximum Gasteiger partial charge on any atom is 0.363 e. The molecule has 0 saturated carbocycles. The van der Waals surface area contributed by atoms with Gasteiger partial charge in [0.05, 0.1) is 0 Å². The first-order valence-corrected chi connectivity index (χ1v) is 5.74. The Morgan fingerprint density at radius 2 is 1.69 bits per heavy atom. The normalized spacial score (nSPS) is 18.9. The zero-order valence-electron chi connectivity index (χ0n) is 10.0. The van der Waals surface area contributed by atoms with Crippen molar-refractivity contribution in [3.63, 3.8) is 0 Å². The van der Waals surface area contributed by atoms with Crippen molar-refractivity contribution in [1.29, 1.82) is 0 Å². The van der Waals surface area contributed by atoms with Gasteiger partial charge in [0.2, 0.25) is 0 Å². The molecular formula is C11H20NO4+. The minimum absolute atomic E-state index is 0.273. The Morgan fingerprint density at radius 1 is 1.06 bits per heavy atom. The van der Waals surface area contributed by atoms with Crippen molar-refractivity contribution in [2.45, 2.75) is 33.1 Å². The van der Waals surface area contributed by atoms with Gasteiger partial charge in [0.25, 0.3) is 0 Å². The van der Waals surface area contributed by atoms with Crippen LogP contribution in [-0.2, 0) is 19.2 Å². The van der Waals surface area contributed by atoms with Gasteiger partial charge in [0.15, 0.2) is 6.54 Å². The summed E-state index contributed by atoms with van der Waals surface area (Å²) in [6, 6.07) is 0. The molecule has 0 N–H and O–H groups in total. The first-order chi connectivity index (χ1) is 7.54. The van der Waals surface area contributed by atoms with Crippen LogP contribution < -0.4 is 0 Å². The van der Waals surface area contributed by atoms with Gasteiger partial charge in [-0.25, -0.2) is 4.79 Å². The van der Waals surface area contributed by atoms with Gasteiger partial charge in [-0.05, 0) is 6.42 Å². The van der Waals surface area contributed by atoms with Gasteiger partial charge >= 0.3 is 11.9 Å². The van der Waals surface area contributed by atoms with Crippen molar-refractivity contribution in [1.82, 2.24) is 0 Å². The van der Waals surface area contributed by atoms with Crippen molar-refractivity contribution in [2.75, 3.05) is 26.2 Å². The lowest BCUT2D eigenvalue weighted by Gasteiger charge is -2.36. The Morgan fingerprint density at radius 3 is 2.19 bits per heavy atom. The van der Waals surface area contributed by atoms with E-state index in [9.17, 15) is 9.59 Å². The van der Waals surface area contributed by atoms with Crippen LogP contribution in [0.2, 0.25) is 0 Å². The largest absolute Gasteiger partial charge is 0.460 e. The Hall–Kier alpha value is -1.10. The summed E-state index contributed by atoms with van der Waals surface area (Å²) in [5, 5.41) is 0. The van der Waals surface area contributed by atoms with E-state index in [1.807, 2.05) is 0 Å². The van der Waals surface area contributed by atoms with E-state index in [-0.39, 0.29) is 11.9 Å². The molecule has 0 amide bonds. The zero-order valence-corrected chi connectivity index (χ0v) is 10.0. The molecule has 1 fully saturated rings. The molecule has 1 saturated heterocycles. The Balaban J connectivity index is 2.48. The smallest absolute Gasteiger partial charge is 0.363 e. The predicted octanol–water partition coefficient (Wildman–Crippen LogP) is 1.03. The highest BCUT2D eigenvalue weighted by Gasteiger charge is 2.34. The van der Waals surface area contributed by atoms with E-state index in [0.717, 1.165) is 25.9 Å². The molecule has 0 aromatic heterocycles. The van der Waals surface area contributed by atoms with Crippen LogP contribution in [0.5, 0.6) is 0 Å². The SMILES string of the molecule is CC(=O)OCC[N+]1(OC(C)=O)CCCCC1. The first kappa shape index (κ1) is 13.0. The van der Waals surface area contributed by atoms with Gasteiger partial charge in [0.1, 0.15) is 19.7 Å². The summed E-state index contributed by atoms with van der Waals surface area (Å²) >= 11 is 0. The molecule has 92 valence electrons. The second kappa shape index (κ2) is 5.84. The maximum absolute atomic E-state index is 11.1. The summed E-state index contributed by atoms with van der Waals surface area (Å²) < 4.78 is 5.21. The number of hydrogen-bond donors (Lipinski definition) is 0. The third kappa shape index (κ3) is 4.18. The second-order valence-electron chi connectivity index (χ2n) is 4.21. The number of rotatable bonds is 4. The third-order valence-electron chi connectivity index (χ3n) is 2.76. The van der Waals surface area contributed by atoms with Crippen molar-refractivity contribution in [3.8, 4) is 0 Å². The summed E-state index contributed by atoms with van der Waals surface area (Å²) in [4.78, 5) is 27.1. The number of quaternary nitrogens is 1. The van der Waals surface area contributed by atoms with Crippen LogP contribution in [0.4, 0.5) is 0 Å². The van der Waals surface area contributed by atoms with Crippen LogP contribution in [0.15, 0.2) is 0 Å². The molecule has 1 aliphatic rings. The van der Waals surface area contributed by atoms with Crippen LogP contribution in [0.3, 0.4) is 0 Å². The number of carbonyl (C=O) groups is 2. The van der Waals surface area contributed by atoms with Gasteiger partial charge in [-0.15, -0.1) is 4.65 Å². The number of piperidine rings is 1. The molecule has 0 unspecified atom stereocenters. The van der Waals surface area contributed by atoms with Crippen molar-refractivity contribution < 1.29 is 23.8 Å². The zero-order chi connectivity index (χ0) is 12.0. The topological polar surface area (TPSA) is 52.6 Å². The fourth-order valence-corrected chi connectivity index (χ4v) is 2.08. The first-order valence-electron chi connectivity index (χ1n) is 5.74. The van der Waals surface area contributed by atoms with E-state index in [1.165, 1.54) is 20.3 Å². The Labute approximate surface area is 95.9 Å². The average molecular weight is 230 g/mol. The molecule has 1 rings (SSSR count). The molecule has 1 aliphatic heterocycles. The fraction of sp³-hybridized carbons (Fsp3) is 0.818. The number of ether oxygens (including phenoxy) is 1. The molecular weight excluding hydrogens is 210 g/mol. The molecule has 0 spiro atoms. The maximum atomic E-state index is 11.1. The van der Waals surface area contributed by atoms with Gasteiger partial charge < -0.3 is 4.74 Å². The molecule has 0 aromatic carbocycles. The highest BCUT2D eigenvalue weighted by molar-refractivity contribution is 5.66. The number of hydrogen-bond acceptors (Lipinski definition) is 4. The van der Waals surface area contributed by atoms with Gasteiger partial charge in [-0.2, -0.15) is 0 Å². The lowest BCUT2D eigenvalue weighted by molar-refractivity contribution is -1.09. The lowest BCUT2D eigenvalue weighted by atomic mass is 10.1. The Kier molecular flexibility index (Phi) is 4.73. The minimum atomic E-state index is -0.294. The molecule has 16 heavy (non-hydrogen) atoms. The van der Waals surface area contributed by atoms with E-state index >= 15 is 0 Å². The predicted molar refractivity (Wildman–Crippen MR) is 57.1 cm³/mol. The van der Waals surface area contributed by atoms with Crippen LogP contribution in [0.1, 0.15) is 33.1 Å². The second-order valence-corrected chi connectivity index (χ2v) is 4.21. The third-order valence-corrected chi connectivity index (χ3v) is 2.76. The number of esters is 1. The molecule has 0 aliphatic carbocycles. The average Bonchev–Trinajstić information content (AvgIpc) is 2.17. The summed E-state index contributed by atoms with van der Waals surface area (Å²) in [5.74, 6) is -0.567. The Bertz CT molecular complexity index is 259. The summed E-state index contributed by atoms with van der Waals surface area (Å²) in [7, 11) is 0. The summed E-state index contributed by atoms with van der Waals surface area (Å²) in [6.45, 7) is 5.30. The quantitative estimate of drug-likeness (QED) is 0.534. The highest BCUT2D eigenvalue weighted by Crippen LogP contribution is 2.19. The number of likely N-dealkylation sites (tertiary alicyclic amines) is 1. The van der Waals surface area contributed by atoms with Crippen LogP contribution >= 0.6 is 0 Å². The molecule has 0 atom stereocenters. The molecule has 1 heterocycles. The number of nitrogens with zero attached hydrogens (tertiary/aromatic N) is 1. The van der Waals surface area contributed by atoms with E-state index in [0.29, 0.717) is 17.8 Å². The molecule has 0 bridgehead atoms. The molecule has 5 nitrogen and oxygen atoms in total.